The molecule has 29 heavy (non-hydrogen) atoms. The van der Waals surface area contributed by atoms with Gasteiger partial charge in [0, 0.05) is 12.8 Å². The van der Waals surface area contributed by atoms with E-state index in [1.807, 2.05) is 31.2 Å². The van der Waals surface area contributed by atoms with Crippen LogP contribution < -0.4 is 16.0 Å². The van der Waals surface area contributed by atoms with Gasteiger partial charge in [0.25, 0.3) is 5.56 Å². The molecule has 0 aliphatic rings. The van der Waals surface area contributed by atoms with Crippen molar-refractivity contribution in [2.75, 3.05) is 12.4 Å². The van der Waals surface area contributed by atoms with Crippen LogP contribution in [0.4, 0.5) is 0 Å². The molecule has 3 aromatic rings. The molecule has 9 nitrogen and oxygen atoms in total. The third kappa shape index (κ3) is 4.72. The van der Waals surface area contributed by atoms with Crippen molar-refractivity contribution in [3.05, 3.63) is 50.7 Å². The molecule has 3 N–H and O–H groups in total. The van der Waals surface area contributed by atoms with Gasteiger partial charge in [-0.3, -0.25) is 14.3 Å². The molecule has 0 amide bonds. The summed E-state index contributed by atoms with van der Waals surface area (Å²) in [5, 5.41) is 20.6. The van der Waals surface area contributed by atoms with Crippen molar-refractivity contribution in [3.63, 3.8) is 0 Å². The zero-order valence-corrected chi connectivity index (χ0v) is 17.3. The third-order valence-corrected chi connectivity index (χ3v) is 5.56. The van der Waals surface area contributed by atoms with Crippen LogP contribution in [0.2, 0.25) is 0 Å². The summed E-state index contributed by atoms with van der Waals surface area (Å²) in [6, 6.07) is 7.48. The first kappa shape index (κ1) is 21.2. The minimum atomic E-state index is -0.922. The van der Waals surface area contributed by atoms with Gasteiger partial charge in [-0.15, -0.1) is 0 Å². The lowest BCUT2D eigenvalue weighted by Gasteiger charge is -2.16. The molecule has 0 bridgehead atoms. The van der Waals surface area contributed by atoms with E-state index in [1.54, 1.807) is 11.5 Å². The summed E-state index contributed by atoms with van der Waals surface area (Å²) in [6.45, 7) is 3.63. The second kappa shape index (κ2) is 8.85. The van der Waals surface area contributed by atoms with Gasteiger partial charge in [0.1, 0.15) is 18.5 Å². The Hall–Kier alpha value is -2.56. The highest BCUT2D eigenvalue weighted by atomic mass is 32.2. The van der Waals surface area contributed by atoms with Crippen LogP contribution in [0.5, 0.6) is 5.75 Å². The fourth-order valence-electron chi connectivity index (χ4n) is 2.86. The van der Waals surface area contributed by atoms with Gasteiger partial charge in [0.15, 0.2) is 16.3 Å². The Bertz CT molecular complexity index is 1120. The van der Waals surface area contributed by atoms with E-state index >= 15 is 0 Å². The number of aryl methyl sites for hydroxylation is 2. The van der Waals surface area contributed by atoms with Gasteiger partial charge in [-0.2, -0.15) is 0 Å². The first-order valence-electron chi connectivity index (χ1n) is 9.14. The topological polar surface area (TPSA) is 122 Å². The van der Waals surface area contributed by atoms with Crippen molar-refractivity contribution < 1.29 is 14.9 Å². The molecule has 0 saturated heterocycles. The first-order valence-corrected chi connectivity index (χ1v) is 10.1. The molecule has 0 spiro atoms. The summed E-state index contributed by atoms with van der Waals surface area (Å²) in [6.07, 6.45) is -1.50. The molecule has 0 saturated carbocycles. The maximum atomic E-state index is 12.4. The Kier molecular flexibility index (Phi) is 6.46. The number of ether oxygens (including phenoxy) is 1. The Labute approximate surface area is 171 Å². The largest absolute Gasteiger partial charge is 0.491 e. The normalized spacial score (nSPS) is 13.6. The molecule has 0 fully saturated rings. The number of para-hydroxylation sites is 1. The molecule has 10 heteroatoms. The van der Waals surface area contributed by atoms with Crippen LogP contribution in [-0.4, -0.2) is 53.9 Å². The Morgan fingerprint density at radius 3 is 2.69 bits per heavy atom. The van der Waals surface area contributed by atoms with Gasteiger partial charge in [-0.1, -0.05) is 30.0 Å². The molecular weight excluding hydrogens is 396 g/mol. The number of thioether (sulfide) groups is 1. The van der Waals surface area contributed by atoms with Gasteiger partial charge in [0.05, 0.1) is 12.6 Å². The SMILES string of the molecule is Cc1ccccc1OCC(O)Cn1c(SCC(C)O)nc2c1c(=O)[nH]c(=O)n2C. The lowest BCUT2D eigenvalue weighted by atomic mass is 10.2. The zero-order valence-electron chi connectivity index (χ0n) is 16.5. The third-order valence-electron chi connectivity index (χ3n) is 4.34. The number of rotatable bonds is 8. The molecule has 0 radical (unpaired) electrons. The summed E-state index contributed by atoms with van der Waals surface area (Å²) in [5.41, 5.74) is 0.218. The summed E-state index contributed by atoms with van der Waals surface area (Å²) in [4.78, 5) is 31.0. The number of hydrogen-bond acceptors (Lipinski definition) is 7. The molecule has 156 valence electrons. The molecular formula is C19H24N4O5S. The predicted molar refractivity (Wildman–Crippen MR) is 111 cm³/mol. The number of aliphatic hydroxyl groups excluding tert-OH is 2. The van der Waals surface area contributed by atoms with Crippen LogP contribution in [0, 0.1) is 6.92 Å². The molecule has 2 atom stereocenters. The minimum absolute atomic E-state index is 0.0225. The molecule has 2 unspecified atom stereocenters. The van der Waals surface area contributed by atoms with E-state index in [2.05, 4.69) is 9.97 Å². The van der Waals surface area contributed by atoms with E-state index in [9.17, 15) is 19.8 Å². The van der Waals surface area contributed by atoms with Crippen molar-refractivity contribution in [3.8, 4) is 5.75 Å². The lowest BCUT2D eigenvalue weighted by molar-refractivity contribution is 0.0910. The van der Waals surface area contributed by atoms with E-state index in [4.69, 9.17) is 4.74 Å². The Morgan fingerprint density at radius 2 is 2.00 bits per heavy atom. The lowest BCUT2D eigenvalue weighted by Crippen LogP contribution is -2.30. The van der Waals surface area contributed by atoms with Crippen molar-refractivity contribution in [2.45, 2.75) is 37.8 Å². The summed E-state index contributed by atoms with van der Waals surface area (Å²) >= 11 is 1.24. The van der Waals surface area contributed by atoms with E-state index in [-0.39, 0.29) is 24.3 Å². The molecule has 0 aliphatic carbocycles. The van der Waals surface area contributed by atoms with Gasteiger partial charge in [-0.05, 0) is 25.5 Å². The fraction of sp³-hybridized carbons (Fsp3) is 0.421. The van der Waals surface area contributed by atoms with Gasteiger partial charge >= 0.3 is 5.69 Å². The van der Waals surface area contributed by atoms with Crippen LogP contribution in [0.15, 0.2) is 39.0 Å². The Morgan fingerprint density at radius 1 is 1.28 bits per heavy atom. The van der Waals surface area contributed by atoms with Crippen molar-refractivity contribution in [2.24, 2.45) is 7.05 Å². The highest BCUT2D eigenvalue weighted by molar-refractivity contribution is 7.99. The molecule has 0 aliphatic heterocycles. The molecule has 1 aromatic carbocycles. The van der Waals surface area contributed by atoms with E-state index in [0.717, 1.165) is 5.56 Å². The van der Waals surface area contributed by atoms with E-state index in [0.29, 0.717) is 16.7 Å². The smallest absolute Gasteiger partial charge is 0.329 e. The zero-order chi connectivity index (χ0) is 21.1. The number of fused-ring (bicyclic) bond motifs is 1. The van der Waals surface area contributed by atoms with Crippen LogP contribution in [0.3, 0.4) is 0 Å². The van der Waals surface area contributed by atoms with Crippen LogP contribution >= 0.6 is 11.8 Å². The predicted octanol–water partition coefficient (Wildman–Crippen LogP) is 0.645. The number of benzene rings is 1. The number of aromatic amines is 1. The average Bonchev–Trinajstić information content (AvgIpc) is 3.03. The van der Waals surface area contributed by atoms with Crippen LogP contribution in [-0.2, 0) is 13.6 Å². The maximum Gasteiger partial charge on any atom is 0.329 e. The second-order valence-corrected chi connectivity index (χ2v) is 7.87. The number of aliphatic hydroxyl groups is 2. The average molecular weight is 420 g/mol. The second-order valence-electron chi connectivity index (χ2n) is 6.89. The molecule has 2 aromatic heterocycles. The number of nitrogens with one attached hydrogen (secondary N) is 1. The van der Waals surface area contributed by atoms with Crippen molar-refractivity contribution in [1.82, 2.24) is 19.1 Å². The highest BCUT2D eigenvalue weighted by Gasteiger charge is 2.20. The highest BCUT2D eigenvalue weighted by Crippen LogP contribution is 2.23. The van der Waals surface area contributed by atoms with Crippen molar-refractivity contribution in [1.29, 1.82) is 0 Å². The van der Waals surface area contributed by atoms with Gasteiger partial charge in [-0.25, -0.2) is 9.78 Å². The number of aromatic nitrogens is 4. The Balaban J connectivity index is 1.90. The van der Waals surface area contributed by atoms with E-state index < -0.39 is 23.5 Å². The number of H-pyrrole nitrogens is 1. The van der Waals surface area contributed by atoms with Crippen molar-refractivity contribution >= 4 is 22.9 Å². The van der Waals surface area contributed by atoms with E-state index in [1.165, 1.54) is 23.4 Å². The quantitative estimate of drug-likeness (QED) is 0.457. The monoisotopic (exact) mass is 420 g/mol. The summed E-state index contributed by atoms with van der Waals surface area (Å²) < 4.78 is 8.51. The summed E-state index contributed by atoms with van der Waals surface area (Å²) in [7, 11) is 1.51. The van der Waals surface area contributed by atoms with Gasteiger partial charge < -0.3 is 19.5 Å². The fourth-order valence-corrected chi connectivity index (χ4v) is 3.72. The summed E-state index contributed by atoms with van der Waals surface area (Å²) in [5.74, 6) is 1.02. The molecule has 2 heterocycles. The first-order chi connectivity index (χ1) is 13.8. The molecule has 3 rings (SSSR count). The van der Waals surface area contributed by atoms with Gasteiger partial charge in [0.2, 0.25) is 0 Å². The maximum absolute atomic E-state index is 12.4. The standard InChI is InChI=1S/C19H24N4O5S/c1-11-6-4-5-7-14(11)28-9-13(25)8-23-15-16(20-19(23)29-10-12(2)24)22(3)18(27)21-17(15)26/h4-7,12-13,24-25H,8-10H2,1-3H3,(H,21,26,27). The number of imidazole rings is 1. The number of nitrogens with zero attached hydrogens (tertiary/aromatic N) is 3. The minimum Gasteiger partial charge on any atom is -0.491 e. The van der Waals surface area contributed by atoms with Crippen LogP contribution in [0.1, 0.15) is 12.5 Å². The number of hydrogen-bond donors (Lipinski definition) is 3. The van der Waals surface area contributed by atoms with Crippen LogP contribution in [0.25, 0.3) is 11.2 Å².